The van der Waals surface area contributed by atoms with Gasteiger partial charge in [0.1, 0.15) is 0 Å². The van der Waals surface area contributed by atoms with E-state index in [1.165, 1.54) is 4.31 Å². The first-order valence-electron chi connectivity index (χ1n) is 26.6. The fourth-order valence-corrected chi connectivity index (χ4v) is 15.0. The molecule has 400 valence electrons. The van der Waals surface area contributed by atoms with Crippen molar-refractivity contribution in [3.05, 3.63) is 157 Å². The van der Waals surface area contributed by atoms with E-state index in [0.29, 0.717) is 32.0 Å². The van der Waals surface area contributed by atoms with E-state index >= 15 is 8.42 Å². The first-order valence-corrected chi connectivity index (χ1v) is 31.0. The van der Waals surface area contributed by atoms with Crippen LogP contribution in [0.25, 0.3) is 0 Å². The first kappa shape index (κ1) is 59.7. The van der Waals surface area contributed by atoms with Gasteiger partial charge in [0, 0.05) is 26.2 Å². The smallest absolute Gasteiger partial charge is 0.207 e. The van der Waals surface area contributed by atoms with Gasteiger partial charge in [0.15, 0.2) is 0 Å². The van der Waals surface area contributed by atoms with Crippen molar-refractivity contribution in [1.29, 1.82) is 0 Å². The Morgan fingerprint density at radius 1 is 0.342 bits per heavy atom. The maximum atomic E-state index is 16.0. The third-order valence-electron chi connectivity index (χ3n) is 14.2. The van der Waals surface area contributed by atoms with Crippen molar-refractivity contribution in [2.45, 2.75) is 219 Å². The average Bonchev–Trinajstić information content (AvgIpc) is 3.31. The van der Waals surface area contributed by atoms with Crippen molar-refractivity contribution < 1.29 is 25.3 Å². The lowest BCUT2D eigenvalue weighted by Crippen LogP contribution is -2.34. The molecule has 0 aliphatic rings. The van der Waals surface area contributed by atoms with Gasteiger partial charge < -0.3 is 0 Å². The van der Waals surface area contributed by atoms with E-state index in [9.17, 15) is 16.8 Å². The Labute approximate surface area is 442 Å². The van der Waals surface area contributed by atoms with Crippen LogP contribution in [0, 0.1) is 0 Å². The lowest BCUT2D eigenvalue weighted by Gasteiger charge is -2.29. The zero-order valence-corrected chi connectivity index (χ0v) is 49.7. The van der Waals surface area contributed by atoms with Crippen LogP contribution in [0.4, 0.5) is 0 Å². The van der Waals surface area contributed by atoms with Gasteiger partial charge in [-0.15, -0.1) is 0 Å². The minimum atomic E-state index is -4.32. The molecule has 0 saturated carbocycles. The number of hydrogen-bond donors (Lipinski definition) is 2. The molecule has 2 N–H and O–H groups in total. The molecule has 0 unspecified atom stereocenters. The van der Waals surface area contributed by atoms with Crippen molar-refractivity contribution in [3.63, 3.8) is 0 Å². The second-order valence-corrected chi connectivity index (χ2v) is 28.2. The number of nitrogens with zero attached hydrogens (tertiary/aromatic N) is 1. The lowest BCUT2D eigenvalue weighted by molar-refractivity contribution is 0.397. The van der Waals surface area contributed by atoms with Crippen LogP contribution < -0.4 is 9.44 Å². The summed E-state index contributed by atoms with van der Waals surface area (Å²) in [6.07, 6.45) is 0. The van der Waals surface area contributed by atoms with Crippen LogP contribution in [0.2, 0.25) is 0 Å². The summed E-state index contributed by atoms with van der Waals surface area (Å²) in [5.74, 6) is 0.106. The average molecular weight is 1050 g/mol. The summed E-state index contributed by atoms with van der Waals surface area (Å²) < 4.78 is 98.0. The van der Waals surface area contributed by atoms with Crippen molar-refractivity contribution in [3.8, 4) is 0 Å². The topological polar surface area (TPSA) is 130 Å². The minimum absolute atomic E-state index is 0.0561. The molecule has 0 heterocycles. The van der Waals surface area contributed by atoms with Gasteiger partial charge in [0.25, 0.3) is 0 Å². The molecule has 12 heteroatoms. The summed E-state index contributed by atoms with van der Waals surface area (Å²) in [7, 11) is -12.4. The standard InChI is InChI=1S/C61H87N3O6S3/c1-37(2)50-27-53(40(7)8)59(54(28-50)41(9)10)71(65,66)62-33-46-23-19-21-25-48(46)35-64(73(69,70)61-57(44(15)16)31-52(39(5)6)32-58(61)45(17)18)36-49-26-22-20-24-47(49)34-63-72(67,68)60-55(42(11)12)29-51(38(3)4)30-56(60)43(13)14/h19-32,37-45,62-63H,33-36H2,1-18H3. The van der Waals surface area contributed by atoms with Crippen molar-refractivity contribution in [2.75, 3.05) is 0 Å². The van der Waals surface area contributed by atoms with Gasteiger partial charge in [-0.3, -0.25) is 0 Å². The van der Waals surface area contributed by atoms with E-state index in [4.69, 9.17) is 0 Å². The largest absolute Gasteiger partial charge is 0.244 e. The summed E-state index contributed by atoms with van der Waals surface area (Å²) in [5.41, 5.74) is 10.3. The predicted molar refractivity (Wildman–Crippen MR) is 303 cm³/mol. The highest BCUT2D eigenvalue weighted by atomic mass is 32.2. The summed E-state index contributed by atoms with van der Waals surface area (Å²) in [4.78, 5) is 0.880. The number of rotatable bonds is 23. The van der Waals surface area contributed by atoms with E-state index in [1.54, 1.807) is 0 Å². The van der Waals surface area contributed by atoms with Crippen LogP contribution in [-0.4, -0.2) is 29.6 Å². The zero-order valence-electron chi connectivity index (χ0n) is 47.2. The summed E-state index contributed by atoms with van der Waals surface area (Å²) in [6, 6.07) is 27.0. The fourth-order valence-electron chi connectivity index (χ4n) is 9.58. The molecule has 5 aromatic rings. The van der Waals surface area contributed by atoms with Crippen LogP contribution >= 0.6 is 0 Å². The molecule has 73 heavy (non-hydrogen) atoms. The van der Waals surface area contributed by atoms with E-state index in [-0.39, 0.29) is 84.3 Å². The van der Waals surface area contributed by atoms with Crippen molar-refractivity contribution >= 4 is 30.1 Å². The van der Waals surface area contributed by atoms with Gasteiger partial charge in [0.2, 0.25) is 30.1 Å². The number of benzene rings is 5. The fraction of sp³-hybridized carbons (Fsp3) is 0.508. The monoisotopic (exact) mass is 1050 g/mol. The van der Waals surface area contributed by atoms with Gasteiger partial charge in [-0.1, -0.05) is 210 Å². The van der Waals surface area contributed by atoms with Gasteiger partial charge in [-0.2, -0.15) is 4.31 Å². The summed E-state index contributed by atoms with van der Waals surface area (Å²) in [5, 5.41) is 0. The molecule has 0 aliphatic carbocycles. The van der Waals surface area contributed by atoms with Gasteiger partial charge in [-0.25, -0.2) is 34.7 Å². The maximum Gasteiger partial charge on any atom is 0.244 e. The second-order valence-electron chi connectivity index (χ2n) is 22.9. The molecule has 0 saturated heterocycles. The summed E-state index contributed by atoms with van der Waals surface area (Å²) in [6.45, 7) is 36.6. The predicted octanol–water partition coefficient (Wildman–Crippen LogP) is 15.1. The molecule has 0 aromatic heterocycles. The highest BCUT2D eigenvalue weighted by Gasteiger charge is 2.35. The Balaban J connectivity index is 1.66. The van der Waals surface area contributed by atoms with E-state index in [2.05, 4.69) is 51.0 Å². The molecular formula is C61H87N3O6S3. The van der Waals surface area contributed by atoms with Gasteiger partial charge in [0.05, 0.1) is 14.7 Å². The Kier molecular flexibility index (Phi) is 19.8. The molecule has 0 atom stereocenters. The Hall–Kier alpha value is -4.17. The van der Waals surface area contributed by atoms with E-state index < -0.39 is 30.1 Å². The van der Waals surface area contributed by atoms with Crippen LogP contribution in [0.5, 0.6) is 0 Å². The molecule has 0 fully saturated rings. The van der Waals surface area contributed by atoms with Crippen molar-refractivity contribution in [1.82, 2.24) is 13.7 Å². The first-order chi connectivity index (χ1) is 33.9. The van der Waals surface area contributed by atoms with Crippen LogP contribution in [0.3, 0.4) is 0 Å². The minimum Gasteiger partial charge on any atom is -0.207 e. The molecule has 0 spiro atoms. The zero-order chi connectivity index (χ0) is 54.7. The molecule has 0 radical (unpaired) electrons. The third kappa shape index (κ3) is 13.8. The third-order valence-corrected chi connectivity index (χ3v) is 19.2. The SMILES string of the molecule is CC(C)c1cc(C(C)C)c(S(=O)(=O)NCc2ccccc2CN(Cc2ccccc2CNS(=O)(=O)c2c(C(C)C)cc(C(C)C)cc2C(C)C)S(=O)(=O)c2c(C(C)C)cc(C(C)C)cc2C(C)C)c(C(C)C)c1. The Morgan fingerprint density at radius 2 is 0.575 bits per heavy atom. The van der Waals surface area contributed by atoms with Crippen LogP contribution in [-0.2, 0) is 56.2 Å². The Bertz CT molecular complexity index is 2830. The molecule has 9 nitrogen and oxygen atoms in total. The summed E-state index contributed by atoms with van der Waals surface area (Å²) >= 11 is 0. The Morgan fingerprint density at radius 3 is 0.808 bits per heavy atom. The molecule has 0 aliphatic heterocycles. The highest BCUT2D eigenvalue weighted by Crippen LogP contribution is 2.40. The maximum absolute atomic E-state index is 16.0. The second kappa shape index (κ2) is 24.2. The lowest BCUT2D eigenvalue weighted by atomic mass is 9.89. The number of sulfonamides is 3. The molecule has 0 bridgehead atoms. The molecule has 5 rings (SSSR count). The highest BCUT2D eigenvalue weighted by molar-refractivity contribution is 7.90. The van der Waals surface area contributed by atoms with Crippen molar-refractivity contribution in [2.24, 2.45) is 0 Å². The van der Waals surface area contributed by atoms with Gasteiger partial charge >= 0.3 is 0 Å². The number of nitrogens with one attached hydrogen (secondary N) is 2. The molecule has 5 aromatic carbocycles. The van der Waals surface area contributed by atoms with E-state index in [1.807, 2.05) is 168 Å². The number of hydrogen-bond acceptors (Lipinski definition) is 6. The van der Waals surface area contributed by atoms with Gasteiger partial charge in [-0.05, 0) is 126 Å². The van der Waals surface area contributed by atoms with E-state index in [0.717, 1.165) is 50.1 Å². The normalized spacial score (nSPS) is 13.0. The van der Waals surface area contributed by atoms with Crippen LogP contribution in [0.1, 0.15) is 250 Å². The molecular weight excluding hydrogens is 967 g/mol. The quantitative estimate of drug-likeness (QED) is 0.0670. The van der Waals surface area contributed by atoms with Crippen LogP contribution in [0.15, 0.2) is 99.6 Å². The molecule has 0 amide bonds.